The number of carbonyl (C=O) groups excluding carboxylic acids is 2. The molecule has 20 heavy (non-hydrogen) atoms. The quantitative estimate of drug-likeness (QED) is 0.778. The molecule has 1 aromatic carbocycles. The summed E-state index contributed by atoms with van der Waals surface area (Å²) in [4.78, 5) is 23.4. The zero-order valence-corrected chi connectivity index (χ0v) is 11.9. The first-order valence-corrected chi connectivity index (χ1v) is 6.17. The molecule has 1 atom stereocenters. The van der Waals surface area contributed by atoms with E-state index in [1.54, 1.807) is 24.3 Å². The molecule has 0 radical (unpaired) electrons. The number of methoxy groups -OCH3 is 2. The molecule has 0 aromatic heterocycles. The topological polar surface area (TPSA) is 76.4 Å². The minimum atomic E-state index is -1.65. The van der Waals surface area contributed by atoms with E-state index in [4.69, 9.17) is 11.6 Å². The van der Waals surface area contributed by atoms with Crippen LogP contribution in [-0.2, 0) is 25.5 Å². The SMILES string of the molecule is COC(=O)CC(C#N)(Cc1ccccc1Cl)C(=O)OC. The van der Waals surface area contributed by atoms with Gasteiger partial charge in [0.25, 0.3) is 0 Å². The maximum atomic E-state index is 11.9. The van der Waals surface area contributed by atoms with Crippen molar-refractivity contribution in [1.82, 2.24) is 0 Å². The van der Waals surface area contributed by atoms with Crippen molar-refractivity contribution in [3.63, 3.8) is 0 Å². The van der Waals surface area contributed by atoms with E-state index in [-0.39, 0.29) is 6.42 Å². The molecule has 0 amide bonds. The van der Waals surface area contributed by atoms with E-state index in [9.17, 15) is 14.9 Å². The second-order valence-corrected chi connectivity index (χ2v) is 4.61. The Balaban J connectivity index is 3.17. The highest BCUT2D eigenvalue weighted by Crippen LogP contribution is 2.31. The molecule has 0 aliphatic rings. The number of nitrogens with zero attached hydrogens (tertiary/aromatic N) is 1. The molecule has 0 bridgehead atoms. The van der Waals surface area contributed by atoms with Gasteiger partial charge in [0.15, 0.2) is 5.41 Å². The summed E-state index contributed by atoms with van der Waals surface area (Å²) in [5, 5.41) is 9.79. The van der Waals surface area contributed by atoms with E-state index >= 15 is 0 Å². The summed E-state index contributed by atoms with van der Waals surface area (Å²) in [6.07, 6.45) is -0.414. The van der Waals surface area contributed by atoms with Gasteiger partial charge in [-0.3, -0.25) is 9.59 Å². The standard InChI is InChI=1S/C14H14ClNO4/c1-19-12(17)8-14(9-16,13(18)20-2)7-10-5-3-4-6-11(10)15/h3-6H,7-8H2,1-2H3. The summed E-state index contributed by atoms with van der Waals surface area (Å²) in [5.74, 6) is -1.45. The van der Waals surface area contributed by atoms with Crippen molar-refractivity contribution in [1.29, 1.82) is 5.26 Å². The Labute approximate surface area is 122 Å². The molecule has 106 valence electrons. The molecule has 6 heteroatoms. The number of carbonyl (C=O) groups is 2. The van der Waals surface area contributed by atoms with E-state index in [1.165, 1.54) is 7.11 Å². The Morgan fingerprint density at radius 2 is 1.95 bits per heavy atom. The maximum Gasteiger partial charge on any atom is 0.327 e. The van der Waals surface area contributed by atoms with Crippen LogP contribution in [0, 0.1) is 16.7 Å². The highest BCUT2D eigenvalue weighted by atomic mass is 35.5. The van der Waals surface area contributed by atoms with Crippen LogP contribution >= 0.6 is 11.6 Å². The van der Waals surface area contributed by atoms with E-state index < -0.39 is 23.8 Å². The number of hydrogen-bond donors (Lipinski definition) is 0. The fraction of sp³-hybridized carbons (Fsp3) is 0.357. The van der Waals surface area contributed by atoms with E-state index in [0.29, 0.717) is 10.6 Å². The molecule has 1 aromatic rings. The monoisotopic (exact) mass is 295 g/mol. The number of rotatable bonds is 5. The number of esters is 2. The molecule has 0 spiro atoms. The van der Waals surface area contributed by atoms with Crippen LogP contribution in [0.2, 0.25) is 5.02 Å². The summed E-state index contributed by atoms with van der Waals surface area (Å²) in [6, 6.07) is 8.68. The van der Waals surface area contributed by atoms with Crippen molar-refractivity contribution < 1.29 is 19.1 Å². The first-order valence-electron chi connectivity index (χ1n) is 5.79. The lowest BCUT2D eigenvalue weighted by Crippen LogP contribution is -2.36. The lowest BCUT2D eigenvalue weighted by molar-refractivity contribution is -0.156. The molecular weight excluding hydrogens is 282 g/mol. The van der Waals surface area contributed by atoms with Gasteiger partial charge in [0.2, 0.25) is 0 Å². The van der Waals surface area contributed by atoms with Gasteiger partial charge in [-0.05, 0) is 11.6 Å². The lowest BCUT2D eigenvalue weighted by Gasteiger charge is -2.23. The van der Waals surface area contributed by atoms with Crippen molar-refractivity contribution >= 4 is 23.5 Å². The fourth-order valence-electron chi connectivity index (χ4n) is 1.81. The Morgan fingerprint density at radius 1 is 1.30 bits per heavy atom. The van der Waals surface area contributed by atoms with Crippen LogP contribution in [0.3, 0.4) is 0 Å². The van der Waals surface area contributed by atoms with Crippen LogP contribution in [0.15, 0.2) is 24.3 Å². The number of hydrogen-bond acceptors (Lipinski definition) is 5. The van der Waals surface area contributed by atoms with Crippen LogP contribution in [-0.4, -0.2) is 26.2 Å². The Hall–Kier alpha value is -2.06. The summed E-state index contributed by atoms with van der Waals surface area (Å²) in [6.45, 7) is 0. The van der Waals surface area contributed by atoms with Gasteiger partial charge in [0, 0.05) is 11.4 Å². The highest BCUT2D eigenvalue weighted by Gasteiger charge is 2.43. The first kappa shape index (κ1) is 16.0. The van der Waals surface area contributed by atoms with Crippen LogP contribution in [0.25, 0.3) is 0 Å². The summed E-state index contributed by atoms with van der Waals surface area (Å²) in [7, 11) is 2.36. The Kier molecular flexibility index (Phi) is 5.53. The van der Waals surface area contributed by atoms with Gasteiger partial charge in [0.1, 0.15) is 0 Å². The largest absolute Gasteiger partial charge is 0.469 e. The van der Waals surface area contributed by atoms with E-state index in [0.717, 1.165) is 7.11 Å². The molecule has 0 aliphatic carbocycles. The summed E-state index contributed by atoms with van der Waals surface area (Å²) in [5.41, 5.74) is -1.06. The molecule has 5 nitrogen and oxygen atoms in total. The Morgan fingerprint density at radius 3 is 2.45 bits per heavy atom. The Bertz CT molecular complexity index is 552. The van der Waals surface area contributed by atoms with Crippen molar-refractivity contribution in [3.8, 4) is 6.07 Å². The molecule has 0 heterocycles. The van der Waals surface area contributed by atoms with Crippen LogP contribution in [0.4, 0.5) is 0 Å². The minimum Gasteiger partial charge on any atom is -0.469 e. The van der Waals surface area contributed by atoms with Gasteiger partial charge in [-0.2, -0.15) is 5.26 Å². The average Bonchev–Trinajstić information content (AvgIpc) is 2.47. The molecular formula is C14H14ClNO4. The van der Waals surface area contributed by atoms with Gasteiger partial charge >= 0.3 is 11.9 Å². The smallest absolute Gasteiger partial charge is 0.327 e. The molecule has 0 aliphatic heterocycles. The minimum absolute atomic E-state index is 0.0229. The molecule has 0 saturated heterocycles. The zero-order valence-electron chi connectivity index (χ0n) is 11.2. The van der Waals surface area contributed by atoms with Gasteiger partial charge in [-0.15, -0.1) is 0 Å². The average molecular weight is 296 g/mol. The predicted molar refractivity (Wildman–Crippen MR) is 71.9 cm³/mol. The van der Waals surface area contributed by atoms with Crippen molar-refractivity contribution in [3.05, 3.63) is 34.9 Å². The molecule has 1 unspecified atom stereocenters. The van der Waals surface area contributed by atoms with Gasteiger partial charge in [-0.1, -0.05) is 29.8 Å². The zero-order chi connectivity index (χ0) is 15.2. The third kappa shape index (κ3) is 3.49. The number of halogens is 1. The predicted octanol–water partition coefficient (Wildman–Crippen LogP) is 2.13. The van der Waals surface area contributed by atoms with Gasteiger partial charge in [0.05, 0.1) is 26.7 Å². The summed E-state index contributed by atoms with van der Waals surface area (Å²) >= 11 is 6.03. The van der Waals surface area contributed by atoms with Crippen LogP contribution in [0.1, 0.15) is 12.0 Å². The highest BCUT2D eigenvalue weighted by molar-refractivity contribution is 6.31. The second kappa shape index (κ2) is 6.92. The molecule has 0 fully saturated rings. The summed E-state index contributed by atoms with van der Waals surface area (Å²) < 4.78 is 9.19. The third-order valence-corrected chi connectivity index (χ3v) is 3.28. The van der Waals surface area contributed by atoms with Crippen molar-refractivity contribution in [2.24, 2.45) is 5.41 Å². The van der Waals surface area contributed by atoms with Gasteiger partial charge < -0.3 is 9.47 Å². The number of nitriles is 1. The number of ether oxygens (including phenoxy) is 2. The van der Waals surface area contributed by atoms with Gasteiger partial charge in [-0.25, -0.2) is 0 Å². The first-order chi connectivity index (χ1) is 9.49. The van der Waals surface area contributed by atoms with E-state index in [1.807, 2.05) is 6.07 Å². The van der Waals surface area contributed by atoms with Crippen molar-refractivity contribution in [2.75, 3.05) is 14.2 Å². The molecule has 0 N–H and O–H groups in total. The second-order valence-electron chi connectivity index (χ2n) is 4.21. The molecule has 0 saturated carbocycles. The third-order valence-electron chi connectivity index (χ3n) is 2.91. The van der Waals surface area contributed by atoms with Crippen molar-refractivity contribution in [2.45, 2.75) is 12.8 Å². The maximum absolute atomic E-state index is 11.9. The lowest BCUT2D eigenvalue weighted by atomic mass is 9.80. The van der Waals surface area contributed by atoms with Crippen LogP contribution < -0.4 is 0 Å². The van der Waals surface area contributed by atoms with Crippen LogP contribution in [0.5, 0.6) is 0 Å². The normalized spacial score (nSPS) is 12.9. The fourth-order valence-corrected chi connectivity index (χ4v) is 2.01. The van der Waals surface area contributed by atoms with E-state index in [2.05, 4.69) is 9.47 Å². The number of benzene rings is 1. The molecule has 1 rings (SSSR count).